The fourth-order valence-electron chi connectivity index (χ4n) is 4.56. The van der Waals surface area contributed by atoms with E-state index in [0.717, 1.165) is 11.2 Å². The SMILES string of the molecule is CC[n+]1c(/C=C/C=C2/N(C)c3ccccc3C2(C)C)n(/C(F)=C(/F)Cl)c2ccccc21.F[B-](F)(F)F. The van der Waals surface area contributed by atoms with Gasteiger partial charge in [-0.2, -0.15) is 13.3 Å². The van der Waals surface area contributed by atoms with Crippen LogP contribution in [0.25, 0.3) is 23.1 Å². The molecule has 3 nitrogen and oxygen atoms in total. The average Bonchev–Trinajstić information content (AvgIpc) is 3.21. The van der Waals surface area contributed by atoms with Gasteiger partial charge in [-0.3, -0.25) is 0 Å². The summed E-state index contributed by atoms with van der Waals surface area (Å²) in [6, 6.07) is 15.6. The zero-order valence-corrected chi connectivity index (χ0v) is 20.9. The molecule has 1 aliphatic rings. The van der Waals surface area contributed by atoms with Crippen LogP contribution in [0.5, 0.6) is 0 Å². The first-order chi connectivity index (χ1) is 16.8. The number of allylic oxidation sites excluding steroid dienone is 3. The molecule has 0 fully saturated rings. The Morgan fingerprint density at radius 3 is 2.19 bits per heavy atom. The maximum atomic E-state index is 14.8. The van der Waals surface area contributed by atoms with Crippen molar-refractivity contribution >= 4 is 47.6 Å². The molecule has 2 aromatic carbocycles. The van der Waals surface area contributed by atoms with Gasteiger partial charge in [0.2, 0.25) is 0 Å². The van der Waals surface area contributed by atoms with Crippen LogP contribution in [-0.4, -0.2) is 18.9 Å². The molecule has 1 aliphatic heterocycles. The molecule has 2 heterocycles. The van der Waals surface area contributed by atoms with Gasteiger partial charge in [-0.05, 0) is 48.4 Å². The van der Waals surface area contributed by atoms with Crippen molar-refractivity contribution in [3.05, 3.63) is 83.1 Å². The van der Waals surface area contributed by atoms with Crippen molar-refractivity contribution in [2.45, 2.75) is 32.7 Å². The van der Waals surface area contributed by atoms with Crippen LogP contribution in [0.15, 0.2) is 71.7 Å². The first kappa shape index (κ1) is 27.5. The Morgan fingerprint density at radius 1 is 1.03 bits per heavy atom. The number of benzene rings is 2. The summed E-state index contributed by atoms with van der Waals surface area (Å²) in [7, 11) is -3.96. The minimum atomic E-state index is -6.00. The lowest BCUT2D eigenvalue weighted by Gasteiger charge is -2.23. The maximum Gasteiger partial charge on any atom is 0.673 e. The molecule has 36 heavy (non-hydrogen) atoms. The maximum absolute atomic E-state index is 14.8. The number of anilines is 1. The topological polar surface area (TPSA) is 12.1 Å². The fourth-order valence-corrected chi connectivity index (χ4v) is 4.65. The van der Waals surface area contributed by atoms with E-state index in [1.165, 1.54) is 15.8 Å². The lowest BCUT2D eigenvalue weighted by atomic mass is 9.84. The second kappa shape index (κ2) is 10.5. The number of aryl methyl sites for hydroxylation is 1. The van der Waals surface area contributed by atoms with Crippen LogP contribution < -0.4 is 9.47 Å². The third-order valence-electron chi connectivity index (χ3n) is 6.03. The molecular formula is C25H25BClF6N3. The molecule has 0 unspecified atom stereocenters. The number of para-hydroxylation sites is 3. The molecule has 0 bridgehead atoms. The number of rotatable bonds is 4. The molecule has 0 saturated heterocycles. The number of hydrogen-bond donors (Lipinski definition) is 0. The lowest BCUT2D eigenvalue weighted by molar-refractivity contribution is -0.670. The van der Waals surface area contributed by atoms with E-state index < -0.39 is 18.5 Å². The van der Waals surface area contributed by atoms with E-state index in [-0.39, 0.29) is 5.41 Å². The van der Waals surface area contributed by atoms with Gasteiger partial charge in [0.05, 0.1) is 6.54 Å². The zero-order chi connectivity index (χ0) is 26.8. The Morgan fingerprint density at radius 2 is 1.61 bits per heavy atom. The standard InChI is InChI=1S/C25H25ClF2N3.BF4/c1-5-30-19-13-8-9-14-20(19)31(24(28)23(26)27)22(30)16-10-15-21-25(2,3)17-11-6-7-12-18(17)29(21)4;2-1(3,4)5/h6-16H,5H2,1-4H3;/q+1;-1/b24-23+;. The van der Waals surface area contributed by atoms with E-state index >= 15 is 0 Å². The molecule has 192 valence electrons. The second-order valence-corrected chi connectivity index (χ2v) is 8.92. The normalized spacial score (nSPS) is 16.9. The molecule has 0 aliphatic carbocycles. The fraction of sp³-hybridized carbons (Fsp3) is 0.240. The minimum absolute atomic E-state index is 0.170. The van der Waals surface area contributed by atoms with Crippen LogP contribution >= 0.6 is 11.6 Å². The van der Waals surface area contributed by atoms with E-state index in [1.54, 1.807) is 18.2 Å². The van der Waals surface area contributed by atoms with Gasteiger partial charge in [-0.1, -0.05) is 50.3 Å². The average molecular weight is 528 g/mol. The highest BCUT2D eigenvalue weighted by Crippen LogP contribution is 2.46. The third-order valence-corrected chi connectivity index (χ3v) is 6.18. The summed E-state index contributed by atoms with van der Waals surface area (Å²) in [5.74, 6) is -0.618. The number of fused-ring (bicyclic) bond motifs is 2. The third kappa shape index (κ3) is 5.48. The van der Waals surface area contributed by atoms with Gasteiger partial charge in [0.25, 0.3) is 11.1 Å². The predicted octanol–water partition coefficient (Wildman–Crippen LogP) is 7.83. The summed E-state index contributed by atoms with van der Waals surface area (Å²) in [6.45, 7) is 6.93. The Kier molecular flexibility index (Phi) is 7.98. The van der Waals surface area contributed by atoms with Gasteiger partial charge < -0.3 is 22.2 Å². The van der Waals surface area contributed by atoms with Crippen molar-refractivity contribution in [1.29, 1.82) is 0 Å². The van der Waals surface area contributed by atoms with E-state index in [9.17, 15) is 26.0 Å². The highest BCUT2D eigenvalue weighted by Gasteiger charge is 2.37. The molecular weight excluding hydrogens is 503 g/mol. The summed E-state index contributed by atoms with van der Waals surface area (Å²) >= 11 is 5.40. The molecule has 0 spiro atoms. The molecule has 11 heteroatoms. The first-order valence-corrected chi connectivity index (χ1v) is 11.5. The Hall–Kier alpha value is -3.14. The molecule has 0 atom stereocenters. The monoisotopic (exact) mass is 527 g/mol. The smallest absolute Gasteiger partial charge is 0.418 e. The van der Waals surface area contributed by atoms with Gasteiger partial charge in [0.1, 0.15) is 0 Å². The summed E-state index contributed by atoms with van der Waals surface area (Å²) in [5, 5.41) is -1.37. The Bertz CT molecular complexity index is 1350. The number of halogens is 7. The minimum Gasteiger partial charge on any atom is -0.418 e. The number of likely N-dealkylation sites (N-methyl/N-ethyl adjacent to an activating group) is 1. The second-order valence-electron chi connectivity index (χ2n) is 8.58. The van der Waals surface area contributed by atoms with Crippen LogP contribution in [0.4, 0.5) is 31.7 Å². The molecule has 3 aromatic rings. The van der Waals surface area contributed by atoms with Crippen LogP contribution in [0.1, 0.15) is 32.2 Å². The summed E-state index contributed by atoms with van der Waals surface area (Å²) < 4.78 is 70.6. The quantitative estimate of drug-likeness (QED) is 0.191. The zero-order valence-electron chi connectivity index (χ0n) is 20.1. The molecule has 0 amide bonds. The largest absolute Gasteiger partial charge is 0.673 e. The van der Waals surface area contributed by atoms with Crippen molar-refractivity contribution in [3.8, 4) is 0 Å². The number of imidazole rings is 1. The summed E-state index contributed by atoms with van der Waals surface area (Å²) in [6.07, 6.45) is 5.71. The van der Waals surface area contributed by atoms with Crippen LogP contribution in [-0.2, 0) is 12.0 Å². The van der Waals surface area contributed by atoms with Gasteiger partial charge in [0.15, 0.2) is 11.0 Å². The van der Waals surface area contributed by atoms with E-state index in [4.69, 9.17) is 11.6 Å². The Labute approximate surface area is 210 Å². The first-order valence-electron chi connectivity index (χ1n) is 11.1. The molecule has 0 saturated carbocycles. The number of aromatic nitrogens is 2. The highest BCUT2D eigenvalue weighted by atomic mass is 35.5. The molecule has 0 radical (unpaired) electrons. The lowest BCUT2D eigenvalue weighted by Crippen LogP contribution is -2.35. The van der Waals surface area contributed by atoms with Crippen molar-refractivity contribution < 1.29 is 30.6 Å². The van der Waals surface area contributed by atoms with Crippen molar-refractivity contribution in [2.24, 2.45) is 0 Å². The van der Waals surface area contributed by atoms with Gasteiger partial charge >= 0.3 is 13.2 Å². The van der Waals surface area contributed by atoms with Crippen molar-refractivity contribution in [2.75, 3.05) is 11.9 Å². The van der Waals surface area contributed by atoms with Gasteiger partial charge in [-0.25, -0.2) is 4.57 Å². The molecule has 0 N–H and O–H groups in total. The number of hydrogen-bond acceptors (Lipinski definition) is 1. The van der Waals surface area contributed by atoms with Gasteiger partial charge in [-0.15, -0.1) is 0 Å². The van der Waals surface area contributed by atoms with Crippen molar-refractivity contribution in [1.82, 2.24) is 4.57 Å². The van der Waals surface area contributed by atoms with E-state index in [1.807, 2.05) is 55.0 Å². The van der Waals surface area contributed by atoms with Crippen molar-refractivity contribution in [3.63, 3.8) is 0 Å². The summed E-state index contributed by atoms with van der Waals surface area (Å²) in [5.41, 5.74) is 4.73. The predicted molar refractivity (Wildman–Crippen MR) is 134 cm³/mol. The van der Waals surface area contributed by atoms with Gasteiger partial charge in [0, 0.05) is 29.9 Å². The van der Waals surface area contributed by atoms with Crippen LogP contribution in [0.3, 0.4) is 0 Å². The summed E-state index contributed by atoms with van der Waals surface area (Å²) in [4.78, 5) is 2.17. The molecule has 4 rings (SSSR count). The number of nitrogens with zero attached hydrogens (tertiary/aromatic N) is 3. The molecule has 1 aromatic heterocycles. The van der Waals surface area contributed by atoms with E-state index in [0.29, 0.717) is 17.9 Å². The highest BCUT2D eigenvalue weighted by molar-refractivity contribution is 6.50. The van der Waals surface area contributed by atoms with E-state index in [2.05, 4.69) is 30.9 Å². The van der Waals surface area contributed by atoms with Crippen LogP contribution in [0, 0.1) is 0 Å². The Balaban J connectivity index is 0.000000658. The van der Waals surface area contributed by atoms with Crippen LogP contribution in [0.2, 0.25) is 0 Å².